The molecule has 1 heterocycles. The Morgan fingerprint density at radius 1 is 1.47 bits per heavy atom. The number of nitrogens with one attached hydrogen (secondary N) is 1. The first-order valence-electron chi connectivity index (χ1n) is 4.69. The summed E-state index contributed by atoms with van der Waals surface area (Å²) in [5.74, 6) is 0.362. The molecule has 78 valence electrons. The zero-order valence-corrected chi connectivity index (χ0v) is 8.37. The lowest BCUT2D eigenvalue weighted by atomic mass is 10.0. The summed E-state index contributed by atoms with van der Waals surface area (Å²) >= 11 is 0. The van der Waals surface area contributed by atoms with Crippen LogP contribution in [0.3, 0.4) is 0 Å². The van der Waals surface area contributed by atoms with Crippen LogP contribution in [0.5, 0.6) is 0 Å². The predicted molar refractivity (Wildman–Crippen MR) is 55.8 cm³/mol. The van der Waals surface area contributed by atoms with E-state index in [0.717, 1.165) is 11.1 Å². The smallest absolute Gasteiger partial charge is 0.127 e. The molecule has 4 heteroatoms. The highest BCUT2D eigenvalue weighted by Gasteiger charge is 2.13. The summed E-state index contributed by atoms with van der Waals surface area (Å²) in [7, 11) is 0. The number of nitrogens with two attached hydrogens (primary N) is 1. The van der Waals surface area contributed by atoms with Crippen molar-refractivity contribution in [3.63, 3.8) is 0 Å². The fourth-order valence-electron chi connectivity index (χ4n) is 1.54. The third kappa shape index (κ3) is 1.89. The fraction of sp³-hybridized carbons (Fsp3) is 0.182. The summed E-state index contributed by atoms with van der Waals surface area (Å²) in [6, 6.07) is 4.18. The molecule has 1 aromatic carbocycles. The molecule has 2 rings (SSSR count). The number of aromatic nitrogens is 2. The number of nitrogens with zero attached hydrogens (tertiary/aromatic N) is 1. The molecule has 0 saturated heterocycles. The maximum atomic E-state index is 13.1. The Balaban J connectivity index is 2.41. The molecule has 0 radical (unpaired) electrons. The second-order valence-corrected chi connectivity index (χ2v) is 3.45. The van der Waals surface area contributed by atoms with E-state index in [-0.39, 0.29) is 5.82 Å². The summed E-state index contributed by atoms with van der Waals surface area (Å²) in [5.41, 5.74) is 7.68. The minimum Gasteiger partial charge on any atom is -0.347 e. The van der Waals surface area contributed by atoms with E-state index in [1.54, 1.807) is 18.5 Å². The number of aromatic amines is 1. The first kappa shape index (κ1) is 9.86. The minimum atomic E-state index is -0.407. The van der Waals surface area contributed by atoms with Gasteiger partial charge in [0.25, 0.3) is 0 Å². The van der Waals surface area contributed by atoms with Crippen molar-refractivity contribution in [2.45, 2.75) is 13.0 Å². The number of rotatable bonds is 2. The largest absolute Gasteiger partial charge is 0.347 e. The highest BCUT2D eigenvalue weighted by molar-refractivity contribution is 5.32. The Morgan fingerprint density at radius 2 is 2.27 bits per heavy atom. The molecular weight excluding hydrogens is 193 g/mol. The third-order valence-electron chi connectivity index (χ3n) is 2.39. The van der Waals surface area contributed by atoms with Gasteiger partial charge in [-0.1, -0.05) is 6.07 Å². The lowest BCUT2D eigenvalue weighted by Gasteiger charge is -2.12. The van der Waals surface area contributed by atoms with Gasteiger partial charge >= 0.3 is 0 Å². The Kier molecular flexibility index (Phi) is 2.51. The molecule has 1 atom stereocenters. The number of halogens is 1. The van der Waals surface area contributed by atoms with Crippen molar-refractivity contribution < 1.29 is 4.39 Å². The van der Waals surface area contributed by atoms with Crippen LogP contribution in [0.25, 0.3) is 0 Å². The topological polar surface area (TPSA) is 54.7 Å². The lowest BCUT2D eigenvalue weighted by molar-refractivity contribution is 0.621. The highest BCUT2D eigenvalue weighted by atomic mass is 19.1. The molecule has 0 aliphatic carbocycles. The predicted octanol–water partition coefficient (Wildman–Crippen LogP) is 1.91. The van der Waals surface area contributed by atoms with Gasteiger partial charge in [0.2, 0.25) is 0 Å². The molecule has 3 nitrogen and oxygen atoms in total. The van der Waals surface area contributed by atoms with Crippen LogP contribution in [0.4, 0.5) is 4.39 Å². The van der Waals surface area contributed by atoms with E-state index in [9.17, 15) is 4.39 Å². The zero-order chi connectivity index (χ0) is 10.8. The van der Waals surface area contributed by atoms with Gasteiger partial charge in [-0.3, -0.25) is 0 Å². The SMILES string of the molecule is Cc1ccc(F)cc1C(N)c1ncc[nH]1. The zero-order valence-electron chi connectivity index (χ0n) is 8.37. The lowest BCUT2D eigenvalue weighted by Crippen LogP contribution is -2.15. The van der Waals surface area contributed by atoms with E-state index in [2.05, 4.69) is 9.97 Å². The fourth-order valence-corrected chi connectivity index (χ4v) is 1.54. The average molecular weight is 205 g/mol. The van der Waals surface area contributed by atoms with Crippen LogP contribution in [0.15, 0.2) is 30.6 Å². The van der Waals surface area contributed by atoms with Crippen LogP contribution in [0, 0.1) is 12.7 Å². The van der Waals surface area contributed by atoms with Gasteiger partial charge in [0, 0.05) is 12.4 Å². The van der Waals surface area contributed by atoms with Crippen molar-refractivity contribution in [2.75, 3.05) is 0 Å². The van der Waals surface area contributed by atoms with E-state index >= 15 is 0 Å². The molecule has 1 unspecified atom stereocenters. The van der Waals surface area contributed by atoms with Crippen LogP contribution in [-0.2, 0) is 0 Å². The van der Waals surface area contributed by atoms with Gasteiger partial charge in [-0.25, -0.2) is 9.37 Å². The van der Waals surface area contributed by atoms with Crippen LogP contribution in [0.1, 0.15) is 23.0 Å². The summed E-state index contributed by atoms with van der Waals surface area (Å²) in [5, 5.41) is 0. The molecule has 0 amide bonds. The molecule has 0 aliphatic rings. The van der Waals surface area contributed by atoms with Crippen molar-refractivity contribution in [3.8, 4) is 0 Å². The van der Waals surface area contributed by atoms with Crippen molar-refractivity contribution in [2.24, 2.45) is 5.73 Å². The quantitative estimate of drug-likeness (QED) is 0.786. The minimum absolute atomic E-state index is 0.280. The van der Waals surface area contributed by atoms with Crippen molar-refractivity contribution in [3.05, 3.63) is 53.4 Å². The molecule has 0 saturated carbocycles. The normalized spacial score (nSPS) is 12.7. The van der Waals surface area contributed by atoms with E-state index < -0.39 is 6.04 Å². The average Bonchev–Trinajstić information content (AvgIpc) is 2.74. The van der Waals surface area contributed by atoms with Crippen molar-refractivity contribution in [1.82, 2.24) is 9.97 Å². The Morgan fingerprint density at radius 3 is 2.93 bits per heavy atom. The second-order valence-electron chi connectivity index (χ2n) is 3.45. The summed E-state index contributed by atoms with van der Waals surface area (Å²) in [6.07, 6.45) is 3.33. The molecular formula is C11H12FN3. The van der Waals surface area contributed by atoms with Gasteiger partial charge in [-0.15, -0.1) is 0 Å². The van der Waals surface area contributed by atoms with E-state index in [0.29, 0.717) is 5.82 Å². The molecule has 3 N–H and O–H groups in total. The number of imidazole rings is 1. The van der Waals surface area contributed by atoms with Gasteiger partial charge in [-0.05, 0) is 30.2 Å². The number of aryl methyl sites for hydroxylation is 1. The van der Waals surface area contributed by atoms with E-state index in [4.69, 9.17) is 5.73 Å². The van der Waals surface area contributed by atoms with Crippen LogP contribution in [0.2, 0.25) is 0 Å². The molecule has 15 heavy (non-hydrogen) atoms. The molecule has 0 bridgehead atoms. The number of hydrogen-bond acceptors (Lipinski definition) is 2. The monoisotopic (exact) mass is 205 g/mol. The van der Waals surface area contributed by atoms with Gasteiger partial charge in [0.05, 0.1) is 6.04 Å². The summed E-state index contributed by atoms with van der Waals surface area (Å²) in [6.45, 7) is 1.90. The highest BCUT2D eigenvalue weighted by Crippen LogP contribution is 2.20. The molecule has 0 fully saturated rings. The molecule has 1 aromatic heterocycles. The maximum Gasteiger partial charge on any atom is 0.127 e. The number of H-pyrrole nitrogens is 1. The maximum absolute atomic E-state index is 13.1. The van der Waals surface area contributed by atoms with E-state index in [1.165, 1.54) is 12.1 Å². The van der Waals surface area contributed by atoms with Crippen LogP contribution in [-0.4, -0.2) is 9.97 Å². The van der Waals surface area contributed by atoms with Crippen molar-refractivity contribution >= 4 is 0 Å². The van der Waals surface area contributed by atoms with Gasteiger partial charge in [-0.2, -0.15) is 0 Å². The summed E-state index contributed by atoms with van der Waals surface area (Å²) in [4.78, 5) is 6.98. The third-order valence-corrected chi connectivity index (χ3v) is 2.39. The Labute approximate surface area is 87.2 Å². The van der Waals surface area contributed by atoms with Crippen LogP contribution >= 0.6 is 0 Å². The van der Waals surface area contributed by atoms with Crippen molar-refractivity contribution in [1.29, 1.82) is 0 Å². The number of benzene rings is 1. The van der Waals surface area contributed by atoms with Gasteiger partial charge in [0.15, 0.2) is 0 Å². The Bertz CT molecular complexity index is 451. The van der Waals surface area contributed by atoms with Crippen LogP contribution < -0.4 is 5.73 Å². The van der Waals surface area contributed by atoms with Gasteiger partial charge in [0.1, 0.15) is 11.6 Å². The van der Waals surface area contributed by atoms with E-state index in [1.807, 2.05) is 6.92 Å². The van der Waals surface area contributed by atoms with Gasteiger partial charge < -0.3 is 10.7 Å². The second kappa shape index (κ2) is 3.82. The molecule has 0 spiro atoms. The molecule has 0 aliphatic heterocycles. The summed E-state index contributed by atoms with van der Waals surface area (Å²) < 4.78 is 13.1. The first-order chi connectivity index (χ1) is 7.18. The Hall–Kier alpha value is -1.68. The number of hydrogen-bond donors (Lipinski definition) is 2. The molecule has 2 aromatic rings. The first-order valence-corrected chi connectivity index (χ1v) is 4.69. The standard InChI is InChI=1S/C11H12FN3/c1-7-2-3-8(12)6-9(7)10(13)11-14-4-5-15-11/h2-6,10H,13H2,1H3,(H,14,15).